The molecule has 0 spiro atoms. The monoisotopic (exact) mass is 216 g/mol. The van der Waals surface area contributed by atoms with Crippen LogP contribution < -0.4 is 10.6 Å². The van der Waals surface area contributed by atoms with Gasteiger partial charge in [-0.05, 0) is 38.9 Å². The van der Waals surface area contributed by atoms with Crippen molar-refractivity contribution in [3.8, 4) is 0 Å². The quantitative estimate of drug-likeness (QED) is 0.624. The van der Waals surface area contributed by atoms with E-state index in [-0.39, 0.29) is 6.61 Å². The minimum Gasteiger partial charge on any atom is -0.395 e. The molecule has 3 nitrogen and oxygen atoms in total. The van der Waals surface area contributed by atoms with E-state index in [1.165, 1.54) is 45.2 Å². The molecule has 0 bridgehead atoms. The summed E-state index contributed by atoms with van der Waals surface area (Å²) in [5, 5.41) is 14.7. The fourth-order valence-electron chi connectivity index (χ4n) is 1.54. The minimum absolute atomic E-state index is 0.250. The van der Waals surface area contributed by atoms with E-state index >= 15 is 0 Å². The number of nitrogens with one attached hydrogen (secondary N) is 2. The van der Waals surface area contributed by atoms with Crippen molar-refractivity contribution in [1.82, 2.24) is 10.6 Å². The van der Waals surface area contributed by atoms with Gasteiger partial charge in [0.2, 0.25) is 0 Å². The van der Waals surface area contributed by atoms with Crippen LogP contribution in [0.25, 0.3) is 0 Å². The van der Waals surface area contributed by atoms with Gasteiger partial charge in [0.05, 0.1) is 6.61 Å². The topological polar surface area (TPSA) is 44.3 Å². The van der Waals surface area contributed by atoms with E-state index in [1.807, 2.05) is 0 Å². The van der Waals surface area contributed by atoms with Crippen LogP contribution in [0.2, 0.25) is 0 Å². The Morgan fingerprint density at radius 1 is 1.00 bits per heavy atom. The highest BCUT2D eigenvalue weighted by atomic mass is 16.3. The third-order valence-electron chi connectivity index (χ3n) is 2.42. The van der Waals surface area contributed by atoms with Gasteiger partial charge in [0.15, 0.2) is 0 Å². The zero-order valence-electron chi connectivity index (χ0n) is 10.2. The van der Waals surface area contributed by atoms with Gasteiger partial charge in [-0.3, -0.25) is 0 Å². The molecule has 0 amide bonds. The van der Waals surface area contributed by atoms with Crippen LogP contribution in [0, 0.1) is 0 Å². The van der Waals surface area contributed by atoms with E-state index in [2.05, 4.69) is 17.6 Å². The lowest BCUT2D eigenvalue weighted by Crippen LogP contribution is -2.18. The van der Waals surface area contributed by atoms with Crippen molar-refractivity contribution in [1.29, 1.82) is 0 Å². The van der Waals surface area contributed by atoms with Gasteiger partial charge in [-0.15, -0.1) is 0 Å². The molecule has 1 aliphatic heterocycles. The first-order chi connectivity index (χ1) is 7.41. The second-order valence-corrected chi connectivity index (χ2v) is 3.99. The van der Waals surface area contributed by atoms with E-state index < -0.39 is 0 Å². The van der Waals surface area contributed by atoms with Crippen molar-refractivity contribution in [2.45, 2.75) is 45.4 Å². The van der Waals surface area contributed by atoms with Crippen molar-refractivity contribution in [2.24, 2.45) is 0 Å². The van der Waals surface area contributed by atoms with Crippen molar-refractivity contribution in [2.75, 3.05) is 32.8 Å². The molecule has 0 radical (unpaired) electrons. The maximum atomic E-state index is 8.23. The molecule has 0 aliphatic carbocycles. The largest absolute Gasteiger partial charge is 0.395 e. The maximum Gasteiger partial charge on any atom is 0.0555 e. The molecule has 0 aromatic rings. The first-order valence-corrected chi connectivity index (χ1v) is 6.44. The van der Waals surface area contributed by atoms with Crippen molar-refractivity contribution < 1.29 is 5.11 Å². The Hall–Kier alpha value is -0.120. The second kappa shape index (κ2) is 13.9. The Bertz CT molecular complexity index is 81.8. The average molecular weight is 216 g/mol. The van der Waals surface area contributed by atoms with Gasteiger partial charge in [0.25, 0.3) is 0 Å². The van der Waals surface area contributed by atoms with Gasteiger partial charge in [-0.1, -0.05) is 26.2 Å². The van der Waals surface area contributed by atoms with Crippen molar-refractivity contribution >= 4 is 0 Å². The molecule has 1 heterocycles. The van der Waals surface area contributed by atoms with Crippen LogP contribution in [0.5, 0.6) is 0 Å². The standard InChI is InChI=1S/C7H15N.C5H13NO/c1-2-4-6-8-7-5-3-1;1-2-3-6-4-5-7/h8H,1-7H2;6-7H,2-5H2,1H3. The molecule has 1 saturated heterocycles. The highest BCUT2D eigenvalue weighted by Gasteiger charge is 1.94. The minimum atomic E-state index is 0.250. The lowest BCUT2D eigenvalue weighted by Gasteiger charge is -2.08. The number of aliphatic hydroxyl groups is 1. The average Bonchev–Trinajstić information content (AvgIpc) is 2.18. The first kappa shape index (κ1) is 14.9. The zero-order valence-corrected chi connectivity index (χ0v) is 10.2. The van der Waals surface area contributed by atoms with Gasteiger partial charge in [0, 0.05) is 6.54 Å². The Morgan fingerprint density at radius 3 is 2.13 bits per heavy atom. The van der Waals surface area contributed by atoms with Crippen LogP contribution in [0.1, 0.15) is 45.4 Å². The summed E-state index contributed by atoms with van der Waals surface area (Å²) >= 11 is 0. The summed E-state index contributed by atoms with van der Waals surface area (Å²) in [6, 6.07) is 0. The number of rotatable bonds is 4. The fourth-order valence-corrected chi connectivity index (χ4v) is 1.54. The van der Waals surface area contributed by atoms with E-state index in [4.69, 9.17) is 5.11 Å². The molecule has 3 heteroatoms. The molecule has 1 aliphatic rings. The SMILES string of the molecule is C1CCCNCCC1.CCCNCCO. The molecular formula is C12H28N2O. The van der Waals surface area contributed by atoms with Crippen LogP contribution in [0.3, 0.4) is 0 Å². The Kier molecular flexibility index (Phi) is 13.8. The fraction of sp³-hybridized carbons (Fsp3) is 1.00. The summed E-state index contributed by atoms with van der Waals surface area (Å²) in [6.45, 7) is 6.60. The van der Waals surface area contributed by atoms with Gasteiger partial charge in [-0.2, -0.15) is 0 Å². The Morgan fingerprint density at radius 2 is 1.60 bits per heavy atom. The van der Waals surface area contributed by atoms with Gasteiger partial charge in [-0.25, -0.2) is 0 Å². The lowest BCUT2D eigenvalue weighted by molar-refractivity contribution is 0.292. The van der Waals surface area contributed by atoms with Gasteiger partial charge >= 0.3 is 0 Å². The van der Waals surface area contributed by atoms with Gasteiger partial charge in [0.1, 0.15) is 0 Å². The molecular weight excluding hydrogens is 188 g/mol. The highest BCUT2D eigenvalue weighted by molar-refractivity contribution is 4.54. The highest BCUT2D eigenvalue weighted by Crippen LogP contribution is 2.03. The third-order valence-corrected chi connectivity index (χ3v) is 2.42. The van der Waals surface area contributed by atoms with E-state index in [0.29, 0.717) is 0 Å². The summed E-state index contributed by atoms with van der Waals surface area (Å²) in [4.78, 5) is 0. The van der Waals surface area contributed by atoms with Crippen LogP contribution in [-0.2, 0) is 0 Å². The predicted molar refractivity (Wildman–Crippen MR) is 66.2 cm³/mol. The molecule has 0 unspecified atom stereocenters. The Balaban J connectivity index is 0.000000265. The second-order valence-electron chi connectivity index (χ2n) is 3.99. The normalized spacial score (nSPS) is 17.2. The maximum absolute atomic E-state index is 8.23. The number of aliphatic hydroxyl groups excluding tert-OH is 1. The van der Waals surface area contributed by atoms with Crippen molar-refractivity contribution in [3.63, 3.8) is 0 Å². The third kappa shape index (κ3) is 13.9. The zero-order chi connectivity index (χ0) is 11.2. The van der Waals surface area contributed by atoms with Crippen LogP contribution >= 0.6 is 0 Å². The summed E-state index contributed by atoms with van der Waals surface area (Å²) in [5.74, 6) is 0. The molecule has 0 saturated carbocycles. The summed E-state index contributed by atoms with van der Waals surface area (Å²) in [5.41, 5.74) is 0. The van der Waals surface area contributed by atoms with Crippen LogP contribution in [0.15, 0.2) is 0 Å². The molecule has 0 aromatic carbocycles. The molecule has 0 aromatic heterocycles. The molecule has 15 heavy (non-hydrogen) atoms. The smallest absolute Gasteiger partial charge is 0.0555 e. The number of hydrogen-bond acceptors (Lipinski definition) is 3. The summed E-state index contributed by atoms with van der Waals surface area (Å²) < 4.78 is 0. The van der Waals surface area contributed by atoms with Crippen LogP contribution in [0.4, 0.5) is 0 Å². The summed E-state index contributed by atoms with van der Waals surface area (Å²) in [7, 11) is 0. The predicted octanol–water partition coefficient (Wildman–Crippen LogP) is 1.52. The van der Waals surface area contributed by atoms with E-state index in [0.717, 1.165) is 19.5 Å². The van der Waals surface area contributed by atoms with Crippen LogP contribution in [-0.4, -0.2) is 37.9 Å². The van der Waals surface area contributed by atoms with Crippen molar-refractivity contribution in [3.05, 3.63) is 0 Å². The molecule has 1 rings (SSSR count). The lowest BCUT2D eigenvalue weighted by atomic mass is 10.1. The molecule has 1 fully saturated rings. The molecule has 0 atom stereocenters. The number of hydrogen-bond donors (Lipinski definition) is 3. The van der Waals surface area contributed by atoms with Gasteiger partial charge < -0.3 is 15.7 Å². The van der Waals surface area contributed by atoms with E-state index in [1.54, 1.807) is 0 Å². The summed E-state index contributed by atoms with van der Waals surface area (Å²) in [6.07, 6.45) is 8.25. The van der Waals surface area contributed by atoms with E-state index in [9.17, 15) is 0 Å². The molecule has 3 N–H and O–H groups in total. The first-order valence-electron chi connectivity index (χ1n) is 6.44. The molecule has 92 valence electrons. The Labute approximate surface area is 94.6 Å².